The molecule has 0 radical (unpaired) electrons. The van der Waals surface area contributed by atoms with Crippen molar-refractivity contribution in [2.75, 3.05) is 12.0 Å². The van der Waals surface area contributed by atoms with E-state index < -0.39 is 0 Å². The average molecular weight is 252 g/mol. The van der Waals surface area contributed by atoms with Crippen molar-refractivity contribution < 1.29 is 0 Å². The maximum Gasteiger partial charge on any atom is 0.224 e. The summed E-state index contributed by atoms with van der Waals surface area (Å²) in [6, 6.07) is 4.13. The standard InChI is InChI=1S/C10H12N4S2/c1-3-6-4-5-7(16-6)8-12-9(11)14-10(13-8)15-2/h4-5H,3H2,1-2H3,(H2,11,12,13,14). The summed E-state index contributed by atoms with van der Waals surface area (Å²) in [4.78, 5) is 14.9. The van der Waals surface area contributed by atoms with Gasteiger partial charge in [0.1, 0.15) is 0 Å². The van der Waals surface area contributed by atoms with Crippen LogP contribution in [0.4, 0.5) is 5.95 Å². The number of aryl methyl sites for hydroxylation is 1. The molecule has 0 saturated heterocycles. The second-order valence-electron chi connectivity index (χ2n) is 3.12. The Kier molecular flexibility index (Phi) is 3.40. The van der Waals surface area contributed by atoms with Crippen LogP contribution in [-0.2, 0) is 6.42 Å². The molecular formula is C10H12N4S2. The number of nitrogens with zero attached hydrogens (tertiary/aromatic N) is 3. The molecule has 2 aromatic heterocycles. The summed E-state index contributed by atoms with van der Waals surface area (Å²) in [5.41, 5.74) is 5.64. The molecule has 0 unspecified atom stereocenters. The first-order valence-electron chi connectivity index (χ1n) is 4.87. The van der Waals surface area contributed by atoms with E-state index in [2.05, 4.69) is 27.9 Å². The van der Waals surface area contributed by atoms with Gasteiger partial charge in [0.2, 0.25) is 5.95 Å². The van der Waals surface area contributed by atoms with E-state index in [1.165, 1.54) is 16.6 Å². The molecule has 16 heavy (non-hydrogen) atoms. The summed E-state index contributed by atoms with van der Waals surface area (Å²) in [7, 11) is 0. The molecule has 2 rings (SSSR count). The fourth-order valence-corrected chi connectivity index (χ4v) is 2.51. The normalized spacial score (nSPS) is 10.6. The van der Waals surface area contributed by atoms with Crippen molar-refractivity contribution in [1.82, 2.24) is 15.0 Å². The SMILES string of the molecule is CCc1ccc(-c2nc(N)nc(SC)n2)s1. The maximum atomic E-state index is 5.64. The van der Waals surface area contributed by atoms with Crippen LogP contribution in [0.25, 0.3) is 10.7 Å². The molecule has 2 aromatic rings. The number of aromatic nitrogens is 3. The molecule has 4 nitrogen and oxygen atoms in total. The lowest BCUT2D eigenvalue weighted by Gasteiger charge is -2.00. The predicted molar refractivity (Wildman–Crippen MR) is 68.7 cm³/mol. The van der Waals surface area contributed by atoms with E-state index >= 15 is 0 Å². The van der Waals surface area contributed by atoms with Crippen molar-refractivity contribution in [2.24, 2.45) is 0 Å². The summed E-state index contributed by atoms with van der Waals surface area (Å²) >= 11 is 3.16. The van der Waals surface area contributed by atoms with Crippen molar-refractivity contribution in [1.29, 1.82) is 0 Å². The van der Waals surface area contributed by atoms with Crippen molar-refractivity contribution in [2.45, 2.75) is 18.5 Å². The van der Waals surface area contributed by atoms with Gasteiger partial charge in [-0.1, -0.05) is 18.7 Å². The third-order valence-electron chi connectivity index (χ3n) is 2.05. The predicted octanol–water partition coefficient (Wildman–Crippen LogP) is 2.47. The summed E-state index contributed by atoms with van der Waals surface area (Å²) in [6.07, 6.45) is 2.95. The number of thioether (sulfide) groups is 1. The van der Waals surface area contributed by atoms with Gasteiger partial charge in [-0.05, 0) is 24.8 Å². The summed E-state index contributed by atoms with van der Waals surface area (Å²) in [6.45, 7) is 2.13. The van der Waals surface area contributed by atoms with Crippen molar-refractivity contribution in [3.8, 4) is 10.7 Å². The Morgan fingerprint density at radius 3 is 2.75 bits per heavy atom. The second-order valence-corrected chi connectivity index (χ2v) is 5.07. The molecule has 84 valence electrons. The van der Waals surface area contributed by atoms with Gasteiger partial charge in [-0.3, -0.25) is 0 Å². The van der Waals surface area contributed by atoms with Crippen LogP contribution in [0.3, 0.4) is 0 Å². The monoisotopic (exact) mass is 252 g/mol. The second kappa shape index (κ2) is 4.80. The number of anilines is 1. The average Bonchev–Trinajstić information content (AvgIpc) is 2.76. The number of nitrogen functional groups attached to an aromatic ring is 1. The molecule has 0 amide bonds. The van der Waals surface area contributed by atoms with Crippen LogP contribution < -0.4 is 5.73 Å². The molecule has 0 bridgehead atoms. The molecule has 0 atom stereocenters. The first-order chi connectivity index (χ1) is 7.72. The van der Waals surface area contributed by atoms with Gasteiger partial charge in [0.05, 0.1) is 4.88 Å². The van der Waals surface area contributed by atoms with E-state index in [0.29, 0.717) is 11.0 Å². The van der Waals surface area contributed by atoms with E-state index in [-0.39, 0.29) is 5.95 Å². The van der Waals surface area contributed by atoms with Gasteiger partial charge in [-0.25, -0.2) is 4.98 Å². The van der Waals surface area contributed by atoms with E-state index in [1.807, 2.05) is 12.3 Å². The molecule has 0 aromatic carbocycles. The molecule has 0 aliphatic rings. The van der Waals surface area contributed by atoms with Gasteiger partial charge in [0.15, 0.2) is 11.0 Å². The molecule has 2 heterocycles. The van der Waals surface area contributed by atoms with Crippen molar-refractivity contribution in [3.05, 3.63) is 17.0 Å². The van der Waals surface area contributed by atoms with Crippen LogP contribution in [0.5, 0.6) is 0 Å². The lowest BCUT2D eigenvalue weighted by atomic mass is 10.3. The van der Waals surface area contributed by atoms with Gasteiger partial charge in [0.25, 0.3) is 0 Å². The van der Waals surface area contributed by atoms with Crippen LogP contribution in [-0.4, -0.2) is 21.2 Å². The van der Waals surface area contributed by atoms with E-state index in [4.69, 9.17) is 5.73 Å². The van der Waals surface area contributed by atoms with Gasteiger partial charge in [-0.15, -0.1) is 11.3 Å². The minimum Gasteiger partial charge on any atom is -0.368 e. The Bertz CT molecular complexity index is 495. The Morgan fingerprint density at radius 2 is 2.12 bits per heavy atom. The zero-order chi connectivity index (χ0) is 11.5. The molecule has 2 N–H and O–H groups in total. The molecule has 0 aliphatic heterocycles. The van der Waals surface area contributed by atoms with Crippen LogP contribution in [0.15, 0.2) is 17.3 Å². The number of hydrogen-bond acceptors (Lipinski definition) is 6. The zero-order valence-corrected chi connectivity index (χ0v) is 10.7. The third kappa shape index (κ3) is 2.33. The minimum absolute atomic E-state index is 0.279. The van der Waals surface area contributed by atoms with Crippen LogP contribution in [0.1, 0.15) is 11.8 Å². The van der Waals surface area contributed by atoms with Gasteiger partial charge >= 0.3 is 0 Å². The maximum absolute atomic E-state index is 5.64. The Hall–Kier alpha value is -1.14. The minimum atomic E-state index is 0.279. The van der Waals surface area contributed by atoms with Crippen LogP contribution in [0.2, 0.25) is 0 Å². The topological polar surface area (TPSA) is 64.7 Å². The highest BCUT2D eigenvalue weighted by atomic mass is 32.2. The number of hydrogen-bond donors (Lipinski definition) is 1. The fraction of sp³-hybridized carbons (Fsp3) is 0.300. The van der Waals surface area contributed by atoms with E-state index in [1.54, 1.807) is 11.3 Å². The number of rotatable bonds is 3. The Labute approximate surface area is 102 Å². The van der Waals surface area contributed by atoms with Gasteiger partial charge in [-0.2, -0.15) is 9.97 Å². The highest BCUT2D eigenvalue weighted by Crippen LogP contribution is 2.26. The Balaban J connectivity index is 2.42. The fourth-order valence-electron chi connectivity index (χ4n) is 1.26. The van der Waals surface area contributed by atoms with Crippen LogP contribution in [0, 0.1) is 0 Å². The third-order valence-corrected chi connectivity index (χ3v) is 3.82. The summed E-state index contributed by atoms with van der Waals surface area (Å²) in [5, 5.41) is 0.661. The Morgan fingerprint density at radius 1 is 1.31 bits per heavy atom. The summed E-state index contributed by atoms with van der Waals surface area (Å²) < 4.78 is 0. The van der Waals surface area contributed by atoms with Crippen molar-refractivity contribution >= 4 is 29.0 Å². The summed E-state index contributed by atoms with van der Waals surface area (Å²) in [5.74, 6) is 0.947. The lowest BCUT2D eigenvalue weighted by molar-refractivity contribution is 0.930. The van der Waals surface area contributed by atoms with Crippen LogP contribution >= 0.6 is 23.1 Å². The highest BCUT2D eigenvalue weighted by molar-refractivity contribution is 7.98. The number of thiophene rings is 1. The van der Waals surface area contributed by atoms with Gasteiger partial charge < -0.3 is 5.73 Å². The zero-order valence-electron chi connectivity index (χ0n) is 9.10. The van der Waals surface area contributed by atoms with E-state index in [0.717, 1.165) is 11.3 Å². The first-order valence-corrected chi connectivity index (χ1v) is 6.91. The van der Waals surface area contributed by atoms with E-state index in [9.17, 15) is 0 Å². The number of nitrogens with two attached hydrogens (primary N) is 1. The largest absolute Gasteiger partial charge is 0.368 e. The molecular weight excluding hydrogens is 240 g/mol. The highest BCUT2D eigenvalue weighted by Gasteiger charge is 2.08. The quantitative estimate of drug-likeness (QED) is 0.850. The molecule has 0 fully saturated rings. The molecule has 0 saturated carbocycles. The molecule has 0 spiro atoms. The van der Waals surface area contributed by atoms with Crippen molar-refractivity contribution in [3.63, 3.8) is 0 Å². The smallest absolute Gasteiger partial charge is 0.224 e. The molecule has 0 aliphatic carbocycles. The lowest BCUT2D eigenvalue weighted by Crippen LogP contribution is -2.00. The molecule has 6 heteroatoms. The first kappa shape index (κ1) is 11.3. The van der Waals surface area contributed by atoms with Gasteiger partial charge in [0, 0.05) is 4.88 Å².